The quantitative estimate of drug-likeness (QED) is 0.317. The highest BCUT2D eigenvalue weighted by atomic mass is 32.2. The van der Waals surface area contributed by atoms with E-state index in [9.17, 15) is 22.6 Å². The van der Waals surface area contributed by atoms with Gasteiger partial charge in [0.15, 0.2) is 5.75 Å². The van der Waals surface area contributed by atoms with Crippen molar-refractivity contribution in [3.63, 3.8) is 0 Å². The Kier molecular flexibility index (Phi) is 6.84. The molecule has 35 heavy (non-hydrogen) atoms. The van der Waals surface area contributed by atoms with Crippen molar-refractivity contribution in [2.45, 2.75) is 26.7 Å². The Hall–Kier alpha value is -2.67. The fraction of sp³-hybridized carbons (Fsp3) is 0.348. The molecule has 4 rings (SSSR count). The smallest absolute Gasteiger partial charge is 0.323 e. The van der Waals surface area contributed by atoms with Gasteiger partial charge in [-0.15, -0.1) is 0 Å². The Morgan fingerprint density at radius 2 is 1.97 bits per heavy atom. The van der Waals surface area contributed by atoms with E-state index in [0.717, 1.165) is 27.8 Å². The van der Waals surface area contributed by atoms with Crippen molar-refractivity contribution in [1.29, 1.82) is 0 Å². The summed E-state index contributed by atoms with van der Waals surface area (Å²) in [6.07, 6.45) is 4.97. The minimum atomic E-state index is -4.18. The van der Waals surface area contributed by atoms with Crippen LogP contribution in [0.2, 0.25) is 0 Å². The number of hydrogen-bond donors (Lipinski definition) is 2. The van der Waals surface area contributed by atoms with Gasteiger partial charge in [0.2, 0.25) is 5.88 Å². The van der Waals surface area contributed by atoms with Gasteiger partial charge in [-0.1, -0.05) is 56.0 Å². The first-order valence-electron chi connectivity index (χ1n) is 10.7. The minimum absolute atomic E-state index is 0.000937. The summed E-state index contributed by atoms with van der Waals surface area (Å²) >= 11 is 6.34. The minimum Gasteiger partial charge on any atom is -0.480 e. The van der Waals surface area contributed by atoms with E-state index in [-0.39, 0.29) is 16.3 Å². The van der Waals surface area contributed by atoms with Crippen LogP contribution in [-0.4, -0.2) is 58.0 Å². The average Bonchev–Trinajstić information content (AvgIpc) is 3.21. The van der Waals surface area contributed by atoms with Crippen LogP contribution in [0.25, 0.3) is 0 Å². The molecule has 0 unspecified atom stereocenters. The maximum atomic E-state index is 12.9. The van der Waals surface area contributed by atoms with Crippen molar-refractivity contribution >= 4 is 56.0 Å². The van der Waals surface area contributed by atoms with E-state index in [1.807, 2.05) is 24.3 Å². The van der Waals surface area contributed by atoms with E-state index in [4.69, 9.17) is 22.1 Å². The van der Waals surface area contributed by atoms with Crippen LogP contribution >= 0.6 is 24.0 Å². The van der Waals surface area contributed by atoms with Gasteiger partial charge in [-0.25, -0.2) is 0 Å². The maximum Gasteiger partial charge on any atom is 0.323 e. The molecule has 1 amide bonds. The molecule has 12 heteroatoms. The van der Waals surface area contributed by atoms with Crippen molar-refractivity contribution in [3.8, 4) is 5.75 Å². The van der Waals surface area contributed by atoms with Crippen molar-refractivity contribution in [3.05, 3.63) is 58.4 Å². The predicted molar refractivity (Wildman–Crippen MR) is 137 cm³/mol. The third-order valence-electron chi connectivity index (χ3n) is 5.66. The average molecular weight is 537 g/mol. The van der Waals surface area contributed by atoms with Gasteiger partial charge in [-0.05, 0) is 41.5 Å². The van der Waals surface area contributed by atoms with Crippen LogP contribution in [0.3, 0.4) is 0 Å². The second kappa shape index (κ2) is 9.41. The molecule has 0 bridgehead atoms. The molecule has 2 heterocycles. The number of ether oxygens (including phenoxy) is 1. The van der Waals surface area contributed by atoms with E-state index >= 15 is 0 Å². The lowest BCUT2D eigenvalue weighted by Gasteiger charge is -2.31. The molecule has 1 aliphatic carbocycles. The number of carbonyl (C=O) groups is 2. The number of hydrogen-bond acceptors (Lipinski definition) is 8. The van der Waals surface area contributed by atoms with E-state index in [2.05, 4.69) is 13.8 Å². The Balaban J connectivity index is 1.71. The molecule has 9 nitrogen and oxygen atoms in total. The van der Waals surface area contributed by atoms with Crippen LogP contribution < -0.4 is 9.64 Å². The van der Waals surface area contributed by atoms with Gasteiger partial charge in [0, 0.05) is 12.6 Å². The number of nitrogens with zero attached hydrogens (tertiary/aromatic N) is 2. The first-order chi connectivity index (χ1) is 16.3. The van der Waals surface area contributed by atoms with Crippen LogP contribution in [0.15, 0.2) is 58.4 Å². The predicted octanol–water partition coefficient (Wildman–Crippen LogP) is 3.56. The van der Waals surface area contributed by atoms with E-state index in [1.165, 1.54) is 0 Å². The van der Waals surface area contributed by atoms with Crippen LogP contribution in [-0.2, 0) is 19.7 Å². The normalized spacial score (nSPS) is 22.9. The molecule has 186 valence electrons. The molecule has 0 aromatic heterocycles. The standard InChI is InChI=1S/C23H24N2O7S3/c1-23(2)11-14(9-15(12-23)20-21(28)25(13-19(26)27)22(33)34-20)10-18-24(7-8-35(29,30)31)16-5-3-4-6-17(16)32-18/h3-6,9-10H,7-8,11-13H2,1-2H3,(H,26,27)(H,29,30,31)/b18-10?,20-15-. The van der Waals surface area contributed by atoms with Gasteiger partial charge < -0.3 is 14.7 Å². The molecule has 1 aromatic carbocycles. The first-order valence-corrected chi connectivity index (χ1v) is 13.6. The second-order valence-electron chi connectivity index (χ2n) is 9.23. The lowest BCUT2D eigenvalue weighted by molar-refractivity contribution is -0.140. The van der Waals surface area contributed by atoms with Gasteiger partial charge in [0.05, 0.1) is 16.3 Å². The maximum absolute atomic E-state index is 12.9. The number of carbonyl (C=O) groups excluding carboxylic acids is 1. The number of anilines is 1. The summed E-state index contributed by atoms with van der Waals surface area (Å²) in [4.78, 5) is 27.3. The summed E-state index contributed by atoms with van der Waals surface area (Å²) in [7, 11) is -4.18. The van der Waals surface area contributed by atoms with Crippen molar-refractivity contribution in [2.24, 2.45) is 5.41 Å². The Morgan fingerprint density at radius 1 is 1.26 bits per heavy atom. The molecule has 0 atom stereocenters. The van der Waals surface area contributed by atoms with Crippen LogP contribution in [0.4, 0.5) is 5.69 Å². The highest BCUT2D eigenvalue weighted by Gasteiger charge is 2.38. The molecule has 0 saturated carbocycles. The number of fused-ring (bicyclic) bond motifs is 1. The molecule has 1 aromatic rings. The molecule has 0 spiro atoms. The molecule has 1 saturated heterocycles. The van der Waals surface area contributed by atoms with Gasteiger partial charge in [0.25, 0.3) is 16.0 Å². The van der Waals surface area contributed by atoms with Crippen LogP contribution in [0, 0.1) is 5.41 Å². The molecular formula is C23H24N2O7S3. The SMILES string of the molecule is CC1(C)CC(C=C2Oc3ccccc3N2CCS(=O)(=O)O)=C/C(=C2/SC(=S)N(CC(=O)O)C2=O)C1. The molecular weight excluding hydrogens is 512 g/mol. The molecule has 2 aliphatic heterocycles. The summed E-state index contributed by atoms with van der Waals surface area (Å²) in [5, 5.41) is 9.11. The molecule has 1 fully saturated rings. The number of aliphatic carboxylic acids is 1. The Bertz CT molecular complexity index is 1310. The highest BCUT2D eigenvalue weighted by Crippen LogP contribution is 2.45. The van der Waals surface area contributed by atoms with Crippen LogP contribution in [0.5, 0.6) is 5.75 Å². The zero-order chi connectivity index (χ0) is 25.5. The Labute approximate surface area is 212 Å². The largest absolute Gasteiger partial charge is 0.480 e. The first kappa shape index (κ1) is 25.4. The fourth-order valence-corrected chi connectivity index (χ4v) is 6.02. The summed E-state index contributed by atoms with van der Waals surface area (Å²) in [6, 6.07) is 7.20. The van der Waals surface area contributed by atoms with Gasteiger partial charge in [-0.3, -0.25) is 19.0 Å². The number of thiocarbonyl (C=S) groups is 1. The van der Waals surface area contributed by atoms with Gasteiger partial charge in [0.1, 0.15) is 10.9 Å². The summed E-state index contributed by atoms with van der Waals surface area (Å²) in [6.45, 7) is 3.65. The lowest BCUT2D eigenvalue weighted by Crippen LogP contribution is -2.33. The summed E-state index contributed by atoms with van der Waals surface area (Å²) in [5.41, 5.74) is 2.10. The zero-order valence-corrected chi connectivity index (χ0v) is 21.5. The van der Waals surface area contributed by atoms with Crippen molar-refractivity contribution in [2.75, 3.05) is 23.7 Å². The number of carboxylic acid groups (broad SMARTS) is 1. The van der Waals surface area contributed by atoms with E-state index < -0.39 is 34.3 Å². The number of allylic oxidation sites excluding steroid dienone is 4. The lowest BCUT2D eigenvalue weighted by atomic mass is 9.75. The van der Waals surface area contributed by atoms with Gasteiger partial charge in [-0.2, -0.15) is 8.42 Å². The number of rotatable bonds is 6. The Morgan fingerprint density at radius 3 is 2.66 bits per heavy atom. The second-order valence-corrected chi connectivity index (χ2v) is 12.5. The topological polar surface area (TPSA) is 124 Å². The van der Waals surface area contributed by atoms with Gasteiger partial charge >= 0.3 is 5.97 Å². The zero-order valence-electron chi connectivity index (χ0n) is 19.1. The number of benzene rings is 1. The monoisotopic (exact) mass is 536 g/mol. The fourth-order valence-electron chi connectivity index (χ4n) is 4.32. The van der Waals surface area contributed by atoms with Crippen molar-refractivity contribution in [1.82, 2.24) is 4.90 Å². The van der Waals surface area contributed by atoms with E-state index in [0.29, 0.717) is 35.1 Å². The molecule has 3 aliphatic rings. The summed E-state index contributed by atoms with van der Waals surface area (Å²) in [5.74, 6) is -1.04. The van der Waals surface area contributed by atoms with Crippen molar-refractivity contribution < 1.29 is 32.4 Å². The molecule has 0 radical (unpaired) electrons. The summed E-state index contributed by atoms with van der Waals surface area (Å²) < 4.78 is 38.3. The number of para-hydroxylation sites is 2. The number of thioether (sulfide) groups is 1. The van der Waals surface area contributed by atoms with E-state index in [1.54, 1.807) is 17.0 Å². The molecule has 2 N–H and O–H groups in total. The third kappa shape index (κ3) is 5.77. The highest BCUT2D eigenvalue weighted by molar-refractivity contribution is 8.26. The number of carboxylic acids is 1. The van der Waals surface area contributed by atoms with Crippen LogP contribution in [0.1, 0.15) is 26.7 Å². The third-order valence-corrected chi connectivity index (χ3v) is 7.87. The number of amides is 1.